The Morgan fingerprint density at radius 2 is 0.968 bits per heavy atom. The van der Waals surface area contributed by atoms with Gasteiger partial charge in [-0.05, 0) is 96.9 Å². The van der Waals surface area contributed by atoms with Crippen molar-refractivity contribution in [2.45, 2.75) is 32.1 Å². The van der Waals surface area contributed by atoms with Gasteiger partial charge in [0.2, 0.25) is 0 Å². The van der Waals surface area contributed by atoms with Crippen molar-refractivity contribution < 1.29 is 0 Å². The van der Waals surface area contributed by atoms with Crippen LogP contribution in [0.1, 0.15) is 32.1 Å². The topological polar surface area (TPSA) is 87.5 Å². The van der Waals surface area contributed by atoms with Crippen molar-refractivity contribution in [3.63, 3.8) is 0 Å². The quantitative estimate of drug-likeness (QED) is 0.300. The third kappa shape index (κ3) is 16.0. The molecule has 0 aliphatic carbocycles. The standard InChI is InChI=1S/C23H52N8/c1(5-23-21-29-15-13-25-6-2-7-26-14-16-30-22-23)18-31-19-4-10-27-12-11-24-8-3-9-28-17-20-31/h23-30H,1-22H2. The molecular formula is C23H52N8. The van der Waals surface area contributed by atoms with Crippen LogP contribution in [-0.4, -0.2) is 116 Å². The van der Waals surface area contributed by atoms with E-state index in [4.69, 9.17) is 0 Å². The zero-order valence-corrected chi connectivity index (χ0v) is 20.1. The van der Waals surface area contributed by atoms with E-state index in [1.54, 1.807) is 0 Å². The molecule has 2 saturated heterocycles. The van der Waals surface area contributed by atoms with Crippen LogP contribution in [0, 0.1) is 5.92 Å². The van der Waals surface area contributed by atoms with Gasteiger partial charge in [-0.25, -0.2) is 0 Å². The van der Waals surface area contributed by atoms with Crippen molar-refractivity contribution in [1.82, 2.24) is 42.1 Å². The lowest BCUT2D eigenvalue weighted by atomic mass is 10.0. The van der Waals surface area contributed by atoms with E-state index in [0.717, 1.165) is 97.5 Å². The number of nitrogens with one attached hydrogen (secondary N) is 7. The fourth-order valence-corrected chi connectivity index (χ4v) is 4.32. The maximum atomic E-state index is 3.68. The summed E-state index contributed by atoms with van der Waals surface area (Å²) in [5, 5.41) is 25.1. The largest absolute Gasteiger partial charge is 0.315 e. The normalized spacial score (nSPS) is 24.8. The second-order valence-corrected chi connectivity index (χ2v) is 9.07. The Morgan fingerprint density at radius 1 is 0.484 bits per heavy atom. The van der Waals surface area contributed by atoms with Crippen LogP contribution >= 0.6 is 0 Å². The Hall–Kier alpha value is -0.320. The van der Waals surface area contributed by atoms with Gasteiger partial charge in [0.15, 0.2) is 0 Å². The molecule has 184 valence electrons. The second-order valence-electron chi connectivity index (χ2n) is 9.07. The van der Waals surface area contributed by atoms with Gasteiger partial charge in [0.05, 0.1) is 0 Å². The zero-order chi connectivity index (χ0) is 21.7. The van der Waals surface area contributed by atoms with Crippen molar-refractivity contribution in [3.05, 3.63) is 0 Å². The average Bonchev–Trinajstić information content (AvgIpc) is 2.78. The Morgan fingerprint density at radius 3 is 1.55 bits per heavy atom. The van der Waals surface area contributed by atoms with E-state index < -0.39 is 0 Å². The molecule has 0 spiro atoms. The van der Waals surface area contributed by atoms with Gasteiger partial charge in [-0.15, -0.1) is 0 Å². The SMILES string of the molecule is C1CNCCNCC(CCCN2CCCNCCNCCCNCC2)CNCCNC1. The van der Waals surface area contributed by atoms with Crippen molar-refractivity contribution >= 4 is 0 Å². The smallest absolute Gasteiger partial charge is 0.0107 e. The minimum atomic E-state index is 0.718. The molecule has 31 heavy (non-hydrogen) atoms. The summed E-state index contributed by atoms with van der Waals surface area (Å²) >= 11 is 0. The lowest BCUT2D eigenvalue weighted by molar-refractivity contribution is 0.253. The molecular weight excluding hydrogens is 388 g/mol. The molecule has 8 nitrogen and oxygen atoms in total. The Kier molecular flexibility index (Phi) is 17.6. The van der Waals surface area contributed by atoms with E-state index in [0.29, 0.717) is 0 Å². The lowest BCUT2D eigenvalue weighted by Crippen LogP contribution is -2.39. The molecule has 2 fully saturated rings. The maximum Gasteiger partial charge on any atom is 0.0107 e. The van der Waals surface area contributed by atoms with Gasteiger partial charge >= 0.3 is 0 Å². The summed E-state index contributed by atoms with van der Waals surface area (Å²) in [6.45, 7) is 19.0. The zero-order valence-electron chi connectivity index (χ0n) is 20.1. The third-order valence-electron chi connectivity index (χ3n) is 6.24. The van der Waals surface area contributed by atoms with Crippen LogP contribution in [-0.2, 0) is 0 Å². The van der Waals surface area contributed by atoms with Gasteiger partial charge < -0.3 is 42.1 Å². The highest BCUT2D eigenvalue weighted by molar-refractivity contribution is 4.70. The van der Waals surface area contributed by atoms with Crippen molar-refractivity contribution in [3.8, 4) is 0 Å². The predicted octanol–water partition coefficient (Wildman–Crippen LogP) is -0.990. The molecule has 0 unspecified atom stereocenters. The van der Waals surface area contributed by atoms with Gasteiger partial charge in [0.25, 0.3) is 0 Å². The molecule has 7 N–H and O–H groups in total. The minimum absolute atomic E-state index is 0.718. The van der Waals surface area contributed by atoms with Gasteiger partial charge in [-0.2, -0.15) is 0 Å². The molecule has 2 heterocycles. The van der Waals surface area contributed by atoms with Crippen LogP contribution in [0.5, 0.6) is 0 Å². The first-order chi connectivity index (χ1) is 15.4. The highest BCUT2D eigenvalue weighted by Gasteiger charge is 2.11. The molecule has 0 saturated carbocycles. The van der Waals surface area contributed by atoms with Gasteiger partial charge in [-0.1, -0.05) is 0 Å². The molecule has 0 radical (unpaired) electrons. The minimum Gasteiger partial charge on any atom is -0.315 e. The summed E-state index contributed by atoms with van der Waals surface area (Å²) in [6.07, 6.45) is 6.26. The van der Waals surface area contributed by atoms with E-state index in [9.17, 15) is 0 Å². The highest BCUT2D eigenvalue weighted by Crippen LogP contribution is 2.07. The first-order valence-electron chi connectivity index (χ1n) is 13.1. The van der Waals surface area contributed by atoms with Crippen molar-refractivity contribution in [2.75, 3.05) is 111 Å². The number of rotatable bonds is 4. The molecule has 0 aromatic carbocycles. The van der Waals surface area contributed by atoms with E-state index in [1.807, 2.05) is 0 Å². The molecule has 2 aliphatic rings. The van der Waals surface area contributed by atoms with Crippen molar-refractivity contribution in [2.24, 2.45) is 5.92 Å². The predicted molar refractivity (Wildman–Crippen MR) is 133 cm³/mol. The Bertz CT molecular complexity index is 323. The first-order valence-corrected chi connectivity index (χ1v) is 13.1. The van der Waals surface area contributed by atoms with E-state index in [2.05, 4.69) is 42.1 Å². The molecule has 0 amide bonds. The van der Waals surface area contributed by atoms with Gasteiger partial charge in [0, 0.05) is 52.4 Å². The maximum absolute atomic E-state index is 3.68. The first kappa shape index (κ1) is 26.9. The Balaban J connectivity index is 1.67. The number of nitrogens with zero attached hydrogens (tertiary/aromatic N) is 1. The molecule has 2 aliphatic heterocycles. The van der Waals surface area contributed by atoms with E-state index in [1.165, 1.54) is 51.7 Å². The van der Waals surface area contributed by atoms with Crippen LogP contribution < -0.4 is 37.2 Å². The van der Waals surface area contributed by atoms with E-state index >= 15 is 0 Å². The summed E-state index contributed by atoms with van der Waals surface area (Å²) < 4.78 is 0. The molecule has 2 rings (SSSR count). The fraction of sp³-hybridized carbons (Fsp3) is 1.00. The van der Waals surface area contributed by atoms with Crippen molar-refractivity contribution in [1.29, 1.82) is 0 Å². The highest BCUT2D eigenvalue weighted by atomic mass is 15.1. The summed E-state index contributed by atoms with van der Waals surface area (Å²) in [4.78, 5) is 2.68. The van der Waals surface area contributed by atoms with Crippen LogP contribution in [0.2, 0.25) is 0 Å². The summed E-state index contributed by atoms with van der Waals surface area (Å²) in [5.41, 5.74) is 0. The van der Waals surface area contributed by atoms with Crippen LogP contribution in [0.3, 0.4) is 0 Å². The molecule has 0 aromatic rings. The monoisotopic (exact) mass is 440 g/mol. The van der Waals surface area contributed by atoms with Gasteiger partial charge in [0.1, 0.15) is 0 Å². The summed E-state index contributed by atoms with van der Waals surface area (Å²) in [7, 11) is 0. The van der Waals surface area contributed by atoms with Crippen LogP contribution in [0.25, 0.3) is 0 Å². The van der Waals surface area contributed by atoms with Gasteiger partial charge in [-0.3, -0.25) is 0 Å². The molecule has 0 atom stereocenters. The van der Waals surface area contributed by atoms with E-state index in [-0.39, 0.29) is 0 Å². The summed E-state index contributed by atoms with van der Waals surface area (Å²) in [6, 6.07) is 0. The Labute approximate surface area is 191 Å². The second kappa shape index (κ2) is 20.3. The van der Waals surface area contributed by atoms with Crippen LogP contribution in [0.4, 0.5) is 0 Å². The fourth-order valence-electron chi connectivity index (χ4n) is 4.32. The third-order valence-corrected chi connectivity index (χ3v) is 6.24. The molecule has 8 heteroatoms. The lowest BCUT2D eigenvalue weighted by Gasteiger charge is -2.25. The average molecular weight is 441 g/mol. The molecule has 0 bridgehead atoms. The number of hydrogen-bond acceptors (Lipinski definition) is 8. The van der Waals surface area contributed by atoms with Crippen LogP contribution in [0.15, 0.2) is 0 Å². The summed E-state index contributed by atoms with van der Waals surface area (Å²) in [5.74, 6) is 0.718. The number of hydrogen-bond donors (Lipinski definition) is 7. The molecule has 0 aromatic heterocycles.